The molecule has 0 amide bonds. The summed E-state index contributed by atoms with van der Waals surface area (Å²) in [5.41, 5.74) is 2.09. The zero-order chi connectivity index (χ0) is 14.1. The van der Waals surface area contributed by atoms with Crippen LogP contribution in [0.1, 0.15) is 5.56 Å². The molecule has 2 aromatic heterocycles. The molecule has 3 rings (SSSR count). The lowest BCUT2D eigenvalue weighted by Crippen LogP contribution is -1.85. The molecule has 0 fully saturated rings. The predicted octanol–water partition coefficient (Wildman–Crippen LogP) is 3.58. The molecule has 0 aliphatic carbocycles. The van der Waals surface area contributed by atoms with Crippen LogP contribution in [0.5, 0.6) is 5.75 Å². The summed E-state index contributed by atoms with van der Waals surface area (Å²) in [5, 5.41) is 13.6. The highest BCUT2D eigenvalue weighted by molar-refractivity contribution is 9.10. The number of aromatic hydroxyl groups is 1. The molecule has 2 heterocycles. The van der Waals surface area contributed by atoms with E-state index < -0.39 is 0 Å². The molecule has 1 N–H and O–H groups in total. The Morgan fingerprint density at radius 1 is 1.20 bits per heavy atom. The summed E-state index contributed by atoms with van der Waals surface area (Å²) in [6.07, 6.45) is 1.67. The van der Waals surface area contributed by atoms with E-state index in [4.69, 9.17) is 4.52 Å². The summed E-state index contributed by atoms with van der Waals surface area (Å²) < 4.78 is 6.09. The summed E-state index contributed by atoms with van der Waals surface area (Å²) in [4.78, 5) is 8.49. The number of aryl methyl sites for hydroxylation is 1. The number of halogens is 1. The van der Waals surface area contributed by atoms with Gasteiger partial charge in [0.15, 0.2) is 0 Å². The minimum atomic E-state index is 0.198. The molecular weight excluding hydrogens is 322 g/mol. The topological polar surface area (TPSA) is 72.0 Å². The van der Waals surface area contributed by atoms with Gasteiger partial charge in [0, 0.05) is 16.2 Å². The third-order valence-corrected chi connectivity index (χ3v) is 3.31. The van der Waals surface area contributed by atoms with Crippen LogP contribution >= 0.6 is 15.9 Å². The average Bonchev–Trinajstić information content (AvgIpc) is 2.92. The Kier molecular flexibility index (Phi) is 3.23. The number of hydrogen-bond donors (Lipinski definition) is 1. The Balaban J connectivity index is 1.97. The van der Waals surface area contributed by atoms with Gasteiger partial charge in [-0.3, -0.25) is 4.98 Å². The molecule has 0 saturated carbocycles. The molecule has 20 heavy (non-hydrogen) atoms. The Hall–Kier alpha value is -2.21. The average molecular weight is 332 g/mol. The first-order valence-electron chi connectivity index (χ1n) is 5.89. The number of nitrogens with zero attached hydrogens (tertiary/aromatic N) is 3. The van der Waals surface area contributed by atoms with Crippen molar-refractivity contribution < 1.29 is 9.63 Å². The van der Waals surface area contributed by atoms with Crippen LogP contribution in [0.25, 0.3) is 23.0 Å². The first-order valence-corrected chi connectivity index (χ1v) is 6.68. The number of phenols is 1. The van der Waals surface area contributed by atoms with E-state index >= 15 is 0 Å². The van der Waals surface area contributed by atoms with Crippen molar-refractivity contribution in [2.75, 3.05) is 0 Å². The Morgan fingerprint density at radius 2 is 2.05 bits per heavy atom. The number of pyridine rings is 1. The first-order chi connectivity index (χ1) is 9.63. The highest BCUT2D eigenvalue weighted by atomic mass is 79.9. The van der Waals surface area contributed by atoms with Gasteiger partial charge in [-0.1, -0.05) is 11.2 Å². The van der Waals surface area contributed by atoms with Crippen molar-refractivity contribution in [1.29, 1.82) is 0 Å². The highest BCUT2D eigenvalue weighted by Crippen LogP contribution is 2.26. The van der Waals surface area contributed by atoms with E-state index in [-0.39, 0.29) is 5.75 Å². The van der Waals surface area contributed by atoms with Crippen molar-refractivity contribution in [1.82, 2.24) is 15.1 Å². The van der Waals surface area contributed by atoms with E-state index in [9.17, 15) is 5.11 Å². The summed E-state index contributed by atoms with van der Waals surface area (Å²) in [6.45, 7) is 1.82. The SMILES string of the molecule is Cc1ccc(-c2nc(-c3ccc(Br)cn3)no2)cc1O. The zero-order valence-corrected chi connectivity index (χ0v) is 12.1. The van der Waals surface area contributed by atoms with E-state index in [1.165, 1.54) is 0 Å². The quantitative estimate of drug-likeness (QED) is 0.777. The largest absolute Gasteiger partial charge is 0.508 e. The number of benzene rings is 1. The molecule has 0 aliphatic rings. The second-order valence-corrected chi connectivity index (χ2v) is 5.20. The van der Waals surface area contributed by atoms with Crippen molar-refractivity contribution in [2.45, 2.75) is 6.92 Å². The molecule has 0 saturated heterocycles. The normalized spacial score (nSPS) is 10.7. The van der Waals surface area contributed by atoms with E-state index in [0.29, 0.717) is 23.0 Å². The fourth-order valence-corrected chi connectivity index (χ4v) is 1.93. The van der Waals surface area contributed by atoms with Gasteiger partial charge in [-0.25, -0.2) is 0 Å². The molecule has 1 aromatic carbocycles. The Morgan fingerprint density at radius 3 is 2.75 bits per heavy atom. The maximum Gasteiger partial charge on any atom is 0.258 e. The van der Waals surface area contributed by atoms with E-state index in [1.807, 2.05) is 19.1 Å². The minimum absolute atomic E-state index is 0.198. The van der Waals surface area contributed by atoms with Gasteiger partial charge < -0.3 is 9.63 Å². The lowest BCUT2D eigenvalue weighted by atomic mass is 10.1. The molecule has 0 atom stereocenters. The smallest absolute Gasteiger partial charge is 0.258 e. The van der Waals surface area contributed by atoms with Gasteiger partial charge in [-0.15, -0.1) is 0 Å². The maximum atomic E-state index is 9.71. The van der Waals surface area contributed by atoms with E-state index in [2.05, 4.69) is 31.1 Å². The Bertz CT molecular complexity index is 753. The summed E-state index contributed by atoms with van der Waals surface area (Å²) >= 11 is 3.32. The monoisotopic (exact) mass is 331 g/mol. The van der Waals surface area contributed by atoms with Crippen LogP contribution < -0.4 is 0 Å². The van der Waals surface area contributed by atoms with Gasteiger partial charge in [-0.2, -0.15) is 4.98 Å². The van der Waals surface area contributed by atoms with Crippen molar-refractivity contribution in [2.24, 2.45) is 0 Å². The lowest BCUT2D eigenvalue weighted by molar-refractivity contribution is 0.431. The van der Waals surface area contributed by atoms with Gasteiger partial charge in [-0.05, 0) is 52.7 Å². The molecule has 3 aromatic rings. The van der Waals surface area contributed by atoms with Crippen LogP contribution in [0.3, 0.4) is 0 Å². The Labute approximate surface area is 123 Å². The molecular formula is C14H10BrN3O2. The van der Waals surface area contributed by atoms with Crippen LogP contribution in [-0.4, -0.2) is 20.2 Å². The van der Waals surface area contributed by atoms with Crippen LogP contribution in [-0.2, 0) is 0 Å². The number of hydrogen-bond acceptors (Lipinski definition) is 5. The number of phenolic OH excluding ortho intramolecular Hbond substituents is 1. The maximum absolute atomic E-state index is 9.71. The van der Waals surface area contributed by atoms with Gasteiger partial charge in [0.05, 0.1) is 0 Å². The molecule has 0 unspecified atom stereocenters. The predicted molar refractivity (Wildman–Crippen MR) is 77.1 cm³/mol. The van der Waals surface area contributed by atoms with Crippen LogP contribution in [0.4, 0.5) is 0 Å². The summed E-state index contributed by atoms with van der Waals surface area (Å²) in [7, 11) is 0. The molecule has 0 spiro atoms. The van der Waals surface area contributed by atoms with Crippen LogP contribution in [0, 0.1) is 6.92 Å². The van der Waals surface area contributed by atoms with Gasteiger partial charge in [0.1, 0.15) is 11.4 Å². The second-order valence-electron chi connectivity index (χ2n) is 4.29. The van der Waals surface area contributed by atoms with E-state index in [1.54, 1.807) is 24.4 Å². The fourth-order valence-electron chi connectivity index (χ4n) is 1.70. The second kappa shape index (κ2) is 5.05. The molecule has 0 aliphatic heterocycles. The standard InChI is InChI=1S/C14H10BrN3O2/c1-8-2-3-9(6-12(8)19)14-17-13(18-20-14)11-5-4-10(15)7-16-11/h2-7,19H,1H3. The van der Waals surface area contributed by atoms with Crippen molar-refractivity contribution in [3.63, 3.8) is 0 Å². The van der Waals surface area contributed by atoms with E-state index in [0.717, 1.165) is 10.0 Å². The lowest BCUT2D eigenvalue weighted by Gasteiger charge is -1.99. The van der Waals surface area contributed by atoms with Crippen molar-refractivity contribution in [3.8, 4) is 28.7 Å². The number of rotatable bonds is 2. The first kappa shape index (κ1) is 12.8. The van der Waals surface area contributed by atoms with Crippen molar-refractivity contribution in [3.05, 3.63) is 46.6 Å². The van der Waals surface area contributed by atoms with Gasteiger partial charge in [0.2, 0.25) is 5.82 Å². The van der Waals surface area contributed by atoms with Crippen molar-refractivity contribution >= 4 is 15.9 Å². The van der Waals surface area contributed by atoms with Crippen LogP contribution in [0.2, 0.25) is 0 Å². The third-order valence-electron chi connectivity index (χ3n) is 2.84. The van der Waals surface area contributed by atoms with Gasteiger partial charge >= 0.3 is 0 Å². The summed E-state index contributed by atoms with van der Waals surface area (Å²) in [6, 6.07) is 8.87. The fraction of sp³-hybridized carbons (Fsp3) is 0.0714. The third kappa shape index (κ3) is 2.42. The molecule has 0 bridgehead atoms. The molecule has 5 nitrogen and oxygen atoms in total. The number of aromatic nitrogens is 3. The minimum Gasteiger partial charge on any atom is -0.508 e. The molecule has 6 heteroatoms. The highest BCUT2D eigenvalue weighted by Gasteiger charge is 2.12. The molecule has 0 radical (unpaired) electrons. The zero-order valence-electron chi connectivity index (χ0n) is 10.5. The summed E-state index contributed by atoms with van der Waals surface area (Å²) in [5.74, 6) is 0.955. The molecule has 100 valence electrons. The van der Waals surface area contributed by atoms with Crippen LogP contribution in [0.15, 0.2) is 45.5 Å². The van der Waals surface area contributed by atoms with Gasteiger partial charge in [0.25, 0.3) is 5.89 Å².